The van der Waals surface area contributed by atoms with Crippen LogP contribution in [0.2, 0.25) is 0 Å². The quantitative estimate of drug-likeness (QED) is 0.288. The number of benzene rings is 4. The molecule has 6 nitrogen and oxygen atoms in total. The van der Waals surface area contributed by atoms with Gasteiger partial charge in [0.25, 0.3) is 5.91 Å². The molecule has 0 saturated carbocycles. The summed E-state index contributed by atoms with van der Waals surface area (Å²) in [6, 6.07) is 30.4. The van der Waals surface area contributed by atoms with Gasteiger partial charge in [-0.3, -0.25) is 10.1 Å². The van der Waals surface area contributed by atoms with Gasteiger partial charge >= 0.3 is 0 Å². The third kappa shape index (κ3) is 4.90. The van der Waals surface area contributed by atoms with E-state index < -0.39 is 0 Å². The Hall–Kier alpha value is -4.49. The Bertz CT molecular complexity index is 1480. The molecule has 1 heterocycles. The number of carbonyl (C=O) groups excluding carboxylic acids is 1. The van der Waals surface area contributed by atoms with Crippen LogP contribution >= 0.6 is 12.2 Å². The van der Waals surface area contributed by atoms with E-state index >= 15 is 0 Å². The first-order chi connectivity index (χ1) is 17.1. The van der Waals surface area contributed by atoms with Crippen molar-refractivity contribution in [2.24, 2.45) is 0 Å². The monoisotopic (exact) mass is 479 g/mol. The molecule has 0 radical (unpaired) electrons. The first kappa shape index (κ1) is 22.3. The number of hydrogen-bond donors (Lipinski definition) is 2. The highest BCUT2D eigenvalue weighted by Gasteiger charge is 2.14. The Labute approximate surface area is 207 Å². The van der Waals surface area contributed by atoms with Gasteiger partial charge in [-0.15, -0.1) is 0 Å². The lowest BCUT2D eigenvalue weighted by Gasteiger charge is -2.14. The molecule has 0 aliphatic heterocycles. The zero-order chi connectivity index (χ0) is 24.2. The van der Waals surface area contributed by atoms with E-state index in [2.05, 4.69) is 15.6 Å². The Kier molecular flexibility index (Phi) is 6.24. The molecular weight excluding hydrogens is 458 g/mol. The molecule has 4 aromatic carbocycles. The molecule has 7 heteroatoms. The van der Waals surface area contributed by atoms with Gasteiger partial charge in [0.1, 0.15) is 11.3 Å². The van der Waals surface area contributed by atoms with Crippen LogP contribution < -0.4 is 15.4 Å². The second-order valence-electron chi connectivity index (χ2n) is 7.75. The summed E-state index contributed by atoms with van der Waals surface area (Å²) in [6.07, 6.45) is 0. The van der Waals surface area contributed by atoms with E-state index in [0.29, 0.717) is 28.5 Å². The van der Waals surface area contributed by atoms with Crippen molar-refractivity contribution in [2.75, 3.05) is 12.4 Å². The van der Waals surface area contributed by atoms with Crippen molar-refractivity contribution in [3.63, 3.8) is 0 Å². The summed E-state index contributed by atoms with van der Waals surface area (Å²) in [5.74, 6) is 0.732. The number of methoxy groups -OCH3 is 1. The summed E-state index contributed by atoms with van der Waals surface area (Å²) in [5.41, 5.74) is 5.42. The Morgan fingerprint density at radius 1 is 0.857 bits per heavy atom. The van der Waals surface area contributed by atoms with Crippen molar-refractivity contribution in [1.82, 2.24) is 10.3 Å². The molecule has 5 aromatic rings. The van der Waals surface area contributed by atoms with Crippen molar-refractivity contribution in [2.45, 2.75) is 0 Å². The number of oxazole rings is 1. The number of rotatable bonds is 5. The molecule has 0 unspecified atom stereocenters. The van der Waals surface area contributed by atoms with Gasteiger partial charge in [0.15, 0.2) is 10.7 Å². The minimum Gasteiger partial charge on any atom is -0.495 e. The molecule has 0 fully saturated rings. The van der Waals surface area contributed by atoms with Crippen molar-refractivity contribution >= 4 is 40.0 Å². The van der Waals surface area contributed by atoms with E-state index in [1.165, 1.54) is 0 Å². The van der Waals surface area contributed by atoms with Crippen molar-refractivity contribution in [3.8, 4) is 28.3 Å². The van der Waals surface area contributed by atoms with Gasteiger partial charge in [-0.2, -0.15) is 0 Å². The number of anilines is 1. The fourth-order valence-corrected chi connectivity index (χ4v) is 3.91. The predicted molar refractivity (Wildman–Crippen MR) is 142 cm³/mol. The predicted octanol–water partition coefficient (Wildman–Crippen LogP) is 6.30. The standard InChI is InChI=1S/C28H21N3O3S/c1-33-24-16-15-21(27-29-22-9-5-6-10-25(22)34-27)17-23(24)30-28(35)31-26(32)20-13-11-19(12-14-20)18-7-3-2-4-8-18/h2-17H,1H3,(H2,30,31,32,35). The van der Waals surface area contributed by atoms with Crippen LogP contribution in [0.25, 0.3) is 33.7 Å². The zero-order valence-electron chi connectivity index (χ0n) is 18.8. The van der Waals surface area contributed by atoms with Gasteiger partial charge < -0.3 is 14.5 Å². The van der Waals surface area contributed by atoms with Gasteiger partial charge in [-0.25, -0.2) is 4.98 Å². The van der Waals surface area contributed by atoms with E-state index in [9.17, 15) is 4.79 Å². The molecule has 172 valence electrons. The van der Waals surface area contributed by atoms with Gasteiger partial charge in [0.2, 0.25) is 5.89 Å². The van der Waals surface area contributed by atoms with Crippen LogP contribution in [0.15, 0.2) is 101 Å². The Morgan fingerprint density at radius 2 is 1.54 bits per heavy atom. The van der Waals surface area contributed by atoms with Crippen LogP contribution in [0.3, 0.4) is 0 Å². The first-order valence-electron chi connectivity index (χ1n) is 10.9. The average molecular weight is 480 g/mol. The minimum absolute atomic E-state index is 0.148. The molecular formula is C28H21N3O3S. The number of amides is 1. The lowest BCUT2D eigenvalue weighted by Crippen LogP contribution is -2.34. The summed E-state index contributed by atoms with van der Waals surface area (Å²) >= 11 is 5.40. The van der Waals surface area contributed by atoms with E-state index in [1.807, 2.05) is 78.9 Å². The maximum absolute atomic E-state index is 12.7. The molecule has 0 spiro atoms. The lowest BCUT2D eigenvalue weighted by atomic mass is 10.0. The molecule has 0 saturated heterocycles. The van der Waals surface area contributed by atoms with Crippen LogP contribution in [0, 0.1) is 0 Å². The topological polar surface area (TPSA) is 76.4 Å². The largest absolute Gasteiger partial charge is 0.495 e. The van der Waals surface area contributed by atoms with E-state index in [-0.39, 0.29) is 11.0 Å². The highest BCUT2D eigenvalue weighted by Crippen LogP contribution is 2.32. The fraction of sp³-hybridized carbons (Fsp3) is 0.0357. The van der Waals surface area contributed by atoms with Gasteiger partial charge in [0, 0.05) is 11.1 Å². The number of aromatic nitrogens is 1. The molecule has 0 aliphatic carbocycles. The van der Waals surface area contributed by atoms with Crippen LogP contribution in [-0.2, 0) is 0 Å². The number of fused-ring (bicyclic) bond motifs is 1. The van der Waals surface area contributed by atoms with Crippen molar-refractivity contribution < 1.29 is 13.9 Å². The number of nitrogens with zero attached hydrogens (tertiary/aromatic N) is 1. The Morgan fingerprint density at radius 3 is 2.29 bits per heavy atom. The summed E-state index contributed by atoms with van der Waals surface area (Å²) < 4.78 is 11.3. The number of carbonyl (C=O) groups is 1. The van der Waals surface area contributed by atoms with Gasteiger partial charge in [0.05, 0.1) is 12.8 Å². The molecule has 2 N–H and O–H groups in total. The Balaban J connectivity index is 1.31. The van der Waals surface area contributed by atoms with Crippen LogP contribution in [-0.4, -0.2) is 23.1 Å². The van der Waals surface area contributed by atoms with Crippen LogP contribution in [0.1, 0.15) is 10.4 Å². The van der Waals surface area contributed by atoms with Crippen molar-refractivity contribution in [1.29, 1.82) is 0 Å². The SMILES string of the molecule is COc1ccc(-c2nc3ccccc3o2)cc1NC(=S)NC(=O)c1ccc(-c2ccccc2)cc1. The number of hydrogen-bond acceptors (Lipinski definition) is 5. The van der Waals surface area contributed by atoms with E-state index in [4.69, 9.17) is 21.4 Å². The average Bonchev–Trinajstić information content (AvgIpc) is 3.34. The lowest BCUT2D eigenvalue weighted by molar-refractivity contribution is 0.0977. The fourth-order valence-electron chi connectivity index (χ4n) is 3.71. The zero-order valence-corrected chi connectivity index (χ0v) is 19.6. The summed E-state index contributed by atoms with van der Waals surface area (Å²) in [7, 11) is 1.57. The maximum atomic E-state index is 12.7. The highest BCUT2D eigenvalue weighted by atomic mass is 32.1. The molecule has 1 amide bonds. The highest BCUT2D eigenvalue weighted by molar-refractivity contribution is 7.80. The second kappa shape index (κ2) is 9.79. The molecule has 0 aliphatic rings. The van der Waals surface area contributed by atoms with Crippen LogP contribution in [0.5, 0.6) is 5.75 Å². The first-order valence-corrected chi connectivity index (χ1v) is 11.3. The molecule has 5 rings (SSSR count). The number of thiocarbonyl (C=S) groups is 1. The van der Waals surface area contributed by atoms with Gasteiger partial charge in [-0.05, 0) is 65.8 Å². The number of para-hydroxylation sites is 2. The third-order valence-electron chi connectivity index (χ3n) is 5.47. The van der Waals surface area contributed by atoms with E-state index in [0.717, 1.165) is 22.2 Å². The third-order valence-corrected chi connectivity index (χ3v) is 5.67. The van der Waals surface area contributed by atoms with Gasteiger partial charge in [-0.1, -0.05) is 54.6 Å². The summed E-state index contributed by atoms with van der Waals surface area (Å²) in [5, 5.41) is 5.92. The molecule has 0 bridgehead atoms. The maximum Gasteiger partial charge on any atom is 0.257 e. The summed E-state index contributed by atoms with van der Waals surface area (Å²) in [4.78, 5) is 17.3. The second-order valence-corrected chi connectivity index (χ2v) is 8.16. The number of ether oxygens (including phenoxy) is 1. The molecule has 1 aromatic heterocycles. The van der Waals surface area contributed by atoms with Crippen molar-refractivity contribution in [3.05, 3.63) is 103 Å². The summed E-state index contributed by atoms with van der Waals surface area (Å²) in [6.45, 7) is 0. The molecule has 0 atom stereocenters. The smallest absolute Gasteiger partial charge is 0.257 e. The normalized spacial score (nSPS) is 10.7. The minimum atomic E-state index is -0.309. The van der Waals surface area contributed by atoms with E-state index in [1.54, 1.807) is 25.3 Å². The molecule has 35 heavy (non-hydrogen) atoms. The van der Waals surface area contributed by atoms with Crippen LogP contribution in [0.4, 0.5) is 5.69 Å². The number of nitrogens with one attached hydrogen (secondary N) is 2.